The number of aromatic nitrogens is 5. The number of rotatable bonds is 5. The maximum absolute atomic E-state index is 12.5. The van der Waals surface area contributed by atoms with Crippen molar-refractivity contribution in [1.82, 2.24) is 24.5 Å². The molecule has 5 rings (SSSR count). The van der Waals surface area contributed by atoms with Crippen LogP contribution in [0.25, 0.3) is 22.3 Å². The first-order chi connectivity index (χ1) is 15.5. The number of fused-ring (bicyclic) bond motifs is 1. The Morgan fingerprint density at radius 2 is 1.94 bits per heavy atom. The van der Waals surface area contributed by atoms with Crippen molar-refractivity contribution >= 4 is 28.7 Å². The molecule has 1 saturated carbocycles. The Morgan fingerprint density at radius 3 is 2.62 bits per heavy atom. The van der Waals surface area contributed by atoms with Gasteiger partial charge in [0, 0.05) is 29.9 Å². The Morgan fingerprint density at radius 1 is 1.22 bits per heavy atom. The summed E-state index contributed by atoms with van der Waals surface area (Å²) in [6.07, 6.45) is 10.1. The lowest BCUT2D eigenvalue weighted by molar-refractivity contribution is -0.120. The van der Waals surface area contributed by atoms with Gasteiger partial charge in [-0.3, -0.25) is 14.3 Å². The molecule has 1 N–H and O–H groups in total. The third-order valence-electron chi connectivity index (χ3n) is 6.21. The molecule has 1 unspecified atom stereocenters. The summed E-state index contributed by atoms with van der Waals surface area (Å²) in [5.74, 6) is -0.0938. The second-order valence-corrected chi connectivity index (χ2v) is 8.18. The number of carbonyl (C=O) groups excluding carboxylic acids is 2. The van der Waals surface area contributed by atoms with Gasteiger partial charge in [0.15, 0.2) is 11.5 Å². The Balaban J connectivity index is 1.72. The molecule has 162 valence electrons. The summed E-state index contributed by atoms with van der Waals surface area (Å²) in [5, 5.41) is 24.8. The number of carbonyl (C=O) groups is 2. The molecule has 10 heteroatoms. The monoisotopic (exact) mass is 431 g/mol. The van der Waals surface area contributed by atoms with Crippen LogP contribution in [0.5, 0.6) is 0 Å². The van der Waals surface area contributed by atoms with E-state index < -0.39 is 11.8 Å². The van der Waals surface area contributed by atoms with Crippen LogP contribution in [0.15, 0.2) is 30.6 Å². The number of nitrogens with zero attached hydrogens (tertiary/aromatic N) is 7. The minimum atomic E-state index is -0.485. The van der Waals surface area contributed by atoms with Crippen molar-refractivity contribution in [1.29, 1.82) is 5.26 Å². The number of anilines is 1. The fourth-order valence-electron chi connectivity index (χ4n) is 4.72. The summed E-state index contributed by atoms with van der Waals surface area (Å²) >= 11 is 0. The van der Waals surface area contributed by atoms with Gasteiger partial charge in [0.25, 0.3) is 11.8 Å². The van der Waals surface area contributed by atoms with Crippen molar-refractivity contribution in [3.8, 4) is 17.3 Å². The van der Waals surface area contributed by atoms with Gasteiger partial charge in [0.2, 0.25) is 0 Å². The topological polar surface area (TPSA) is 130 Å². The number of imide groups is 1. The van der Waals surface area contributed by atoms with Gasteiger partial charge in [-0.25, -0.2) is 14.9 Å². The zero-order chi connectivity index (χ0) is 22.4. The summed E-state index contributed by atoms with van der Waals surface area (Å²) in [5.41, 5.74) is 1.24. The van der Waals surface area contributed by atoms with Crippen molar-refractivity contribution in [2.75, 3.05) is 4.90 Å². The Labute approximate surface area is 183 Å². The van der Waals surface area contributed by atoms with E-state index in [9.17, 15) is 20.1 Å². The molecular formula is C22H21N7O3. The molecule has 2 amide bonds. The lowest BCUT2D eigenvalue weighted by Crippen LogP contribution is -2.31. The zero-order valence-corrected chi connectivity index (χ0v) is 17.5. The third-order valence-corrected chi connectivity index (χ3v) is 6.21. The summed E-state index contributed by atoms with van der Waals surface area (Å²) < 4.78 is 2.62. The number of hydrogen-bond donors (Lipinski definition) is 1. The minimum absolute atomic E-state index is 0.163. The van der Waals surface area contributed by atoms with Crippen molar-refractivity contribution in [3.63, 3.8) is 0 Å². The molecule has 1 aliphatic heterocycles. The van der Waals surface area contributed by atoms with Gasteiger partial charge in [-0.05, 0) is 31.7 Å². The summed E-state index contributed by atoms with van der Waals surface area (Å²) in [6, 6.07) is 3.76. The van der Waals surface area contributed by atoms with E-state index in [4.69, 9.17) is 0 Å². The van der Waals surface area contributed by atoms with E-state index in [1.54, 1.807) is 23.9 Å². The molecule has 32 heavy (non-hydrogen) atoms. The van der Waals surface area contributed by atoms with Gasteiger partial charge in [0.05, 0.1) is 29.8 Å². The molecule has 2 aliphatic rings. The normalized spacial score (nSPS) is 17.6. The molecule has 0 bridgehead atoms. The van der Waals surface area contributed by atoms with Crippen LogP contribution in [0.3, 0.4) is 0 Å². The molecule has 1 fully saturated rings. The van der Waals surface area contributed by atoms with Crippen LogP contribution in [-0.4, -0.2) is 41.5 Å². The Bertz CT molecular complexity index is 1290. The van der Waals surface area contributed by atoms with Gasteiger partial charge in [-0.15, -0.1) is 0 Å². The Hall–Kier alpha value is -4.00. The molecule has 4 heterocycles. The first-order valence-corrected chi connectivity index (χ1v) is 10.6. The summed E-state index contributed by atoms with van der Waals surface area (Å²) in [4.78, 5) is 34.9. The minimum Gasteiger partial charge on any atom is -0.427 e. The highest BCUT2D eigenvalue weighted by atomic mass is 16.5. The predicted molar refractivity (Wildman–Crippen MR) is 114 cm³/mol. The second kappa shape index (κ2) is 7.60. The van der Waals surface area contributed by atoms with E-state index in [1.807, 2.05) is 0 Å². The molecule has 1 aliphatic carbocycles. The van der Waals surface area contributed by atoms with E-state index in [0.29, 0.717) is 34.0 Å². The van der Waals surface area contributed by atoms with Crippen LogP contribution in [0.4, 0.5) is 5.82 Å². The number of hydrogen-bond acceptors (Lipinski definition) is 7. The standard InChI is InChI=1S/C22H21N7O3/c1-13-24-20(15-9-11-28(32)21(15)25-13)16-12-27(17(8-10-23)14-4-2-3-5-14)26-22(16)29-18(30)6-7-19(29)31/h6-7,9,11-12,14,17,32H,2-5,8H2,1H3. The number of nitriles is 1. The highest BCUT2D eigenvalue weighted by Gasteiger charge is 2.34. The average Bonchev–Trinajstić information content (AvgIpc) is 3.55. The smallest absolute Gasteiger partial charge is 0.259 e. The first kappa shape index (κ1) is 19.9. The molecule has 0 saturated heterocycles. The van der Waals surface area contributed by atoms with Crippen molar-refractivity contribution < 1.29 is 14.8 Å². The molecule has 1 atom stereocenters. The lowest BCUT2D eigenvalue weighted by Gasteiger charge is -2.21. The van der Waals surface area contributed by atoms with Gasteiger partial charge < -0.3 is 5.21 Å². The van der Waals surface area contributed by atoms with Gasteiger partial charge in [0.1, 0.15) is 5.82 Å². The Kier molecular flexibility index (Phi) is 4.74. The highest BCUT2D eigenvalue weighted by Crippen LogP contribution is 2.40. The molecule has 0 aromatic carbocycles. The van der Waals surface area contributed by atoms with E-state index in [0.717, 1.165) is 35.3 Å². The van der Waals surface area contributed by atoms with E-state index in [2.05, 4.69) is 21.1 Å². The van der Waals surface area contributed by atoms with Gasteiger partial charge in [-0.1, -0.05) is 12.8 Å². The lowest BCUT2D eigenvalue weighted by atomic mass is 9.96. The number of amides is 2. The maximum Gasteiger partial charge on any atom is 0.259 e. The SMILES string of the molecule is Cc1nc(-c2cn(C(CC#N)C3CCCC3)nc2N2C(=O)C=CC2=O)c2ccn(O)c2n1. The van der Waals surface area contributed by atoms with E-state index in [-0.39, 0.29) is 18.3 Å². The molecule has 0 radical (unpaired) electrons. The van der Waals surface area contributed by atoms with Crippen molar-refractivity contribution in [2.45, 2.75) is 45.1 Å². The molecule has 3 aromatic heterocycles. The zero-order valence-electron chi connectivity index (χ0n) is 17.5. The van der Waals surface area contributed by atoms with Gasteiger partial charge >= 0.3 is 0 Å². The van der Waals surface area contributed by atoms with E-state index >= 15 is 0 Å². The first-order valence-electron chi connectivity index (χ1n) is 10.6. The largest absolute Gasteiger partial charge is 0.427 e. The van der Waals surface area contributed by atoms with Crippen LogP contribution >= 0.6 is 0 Å². The fourth-order valence-corrected chi connectivity index (χ4v) is 4.72. The van der Waals surface area contributed by atoms with Crippen LogP contribution in [0, 0.1) is 24.2 Å². The van der Waals surface area contributed by atoms with Crippen LogP contribution < -0.4 is 4.90 Å². The fraction of sp³-hybridized carbons (Fsp3) is 0.364. The molecule has 3 aromatic rings. The van der Waals surface area contributed by atoms with E-state index in [1.165, 1.54) is 18.3 Å². The van der Waals surface area contributed by atoms with Gasteiger partial charge in [-0.2, -0.15) is 15.1 Å². The highest BCUT2D eigenvalue weighted by molar-refractivity contribution is 6.28. The predicted octanol–water partition coefficient (Wildman–Crippen LogP) is 2.91. The van der Waals surface area contributed by atoms with Crippen molar-refractivity contribution in [2.24, 2.45) is 5.92 Å². The average molecular weight is 431 g/mol. The van der Waals surface area contributed by atoms with Crippen LogP contribution in [0.2, 0.25) is 0 Å². The summed E-state index contributed by atoms with van der Waals surface area (Å²) in [6.45, 7) is 1.70. The van der Waals surface area contributed by atoms with Crippen molar-refractivity contribution in [3.05, 3.63) is 36.4 Å². The molecule has 0 spiro atoms. The van der Waals surface area contributed by atoms with Crippen LogP contribution in [0.1, 0.15) is 44.0 Å². The number of aryl methyl sites for hydroxylation is 1. The summed E-state index contributed by atoms with van der Waals surface area (Å²) in [7, 11) is 0. The maximum atomic E-state index is 12.5. The quantitative estimate of drug-likeness (QED) is 0.485. The molecular weight excluding hydrogens is 410 g/mol. The third kappa shape index (κ3) is 3.13. The van der Waals surface area contributed by atoms with Crippen LogP contribution in [-0.2, 0) is 9.59 Å². The second-order valence-electron chi connectivity index (χ2n) is 8.18. The molecule has 10 nitrogen and oxygen atoms in total.